The molecule has 8 bridgehead atoms. The number of hydrogen-bond acceptors (Lipinski definition) is 22. The van der Waals surface area contributed by atoms with E-state index < -0.39 is 107 Å². The molecule has 0 aromatic heterocycles. The summed E-state index contributed by atoms with van der Waals surface area (Å²) in [6.45, 7) is 25.2. The van der Waals surface area contributed by atoms with E-state index in [0.29, 0.717) is 49.4 Å². The van der Waals surface area contributed by atoms with E-state index in [4.69, 9.17) is 95.9 Å². The SMILES string of the molecule is C[C@H]1[C@H](OC(=O)CCC(=O)OCC(COC2O[C@@H]3O[C@@]4(C)CC[C@H]5[C@H](C)CC[C@@H]([C@H]2C)[C@@]35OO4)(COC2O[C@@H]3O[C@@]4(C)CC[C@H]5[C@H](C)CC[C@@H]([C@H]2C)[C@@]35OO4)COC2O[C@@H]3O[C@@]4(C)CC[C@H]5[C@H](C)CC[C@@H]([C@H]2C)[C@@]35OO4)O[C@@H]2C[C@]3(C)CC[C@H]4[C@H](C)CC[C@@H]1[C@@]24OO3. The minimum atomic E-state index is -1.28. The number of fused-ring (bicyclic) bond motifs is 8. The highest BCUT2D eigenvalue weighted by atomic mass is 17.3. The van der Waals surface area contributed by atoms with Crippen LogP contribution < -0.4 is 0 Å². The van der Waals surface area contributed by atoms with Gasteiger partial charge >= 0.3 is 11.9 Å². The molecule has 0 N–H and O–H groups in total. The van der Waals surface area contributed by atoms with E-state index in [2.05, 4.69) is 62.3 Å². The highest BCUT2D eigenvalue weighted by Gasteiger charge is 2.74. The van der Waals surface area contributed by atoms with E-state index in [1.807, 2.05) is 20.8 Å². The molecule has 20 aliphatic rings. The summed E-state index contributed by atoms with van der Waals surface area (Å²) in [5.41, 5.74) is -4.87. The van der Waals surface area contributed by atoms with Crippen LogP contribution in [0.25, 0.3) is 0 Å². The van der Waals surface area contributed by atoms with Crippen LogP contribution in [0.1, 0.15) is 205 Å². The average molecular weight is 1300 g/mol. The zero-order valence-corrected chi connectivity index (χ0v) is 56.6. The zero-order valence-electron chi connectivity index (χ0n) is 56.6. The zero-order chi connectivity index (χ0) is 63.9. The molecule has 20 fully saturated rings. The van der Waals surface area contributed by atoms with Gasteiger partial charge in [-0.15, -0.1) is 0 Å². The van der Waals surface area contributed by atoms with E-state index >= 15 is 0 Å². The van der Waals surface area contributed by atoms with Crippen LogP contribution in [0.2, 0.25) is 0 Å². The first-order valence-corrected chi connectivity index (χ1v) is 36.2. The van der Waals surface area contributed by atoms with E-state index in [1.165, 1.54) is 0 Å². The molecule has 0 aromatic rings. The van der Waals surface area contributed by atoms with Crippen molar-refractivity contribution < 1.29 is 106 Å². The van der Waals surface area contributed by atoms with Crippen molar-refractivity contribution >= 4 is 11.9 Å². The topological polar surface area (TPSA) is 219 Å². The van der Waals surface area contributed by atoms with Crippen LogP contribution in [0, 0.1) is 100 Å². The highest BCUT2D eigenvalue weighted by molar-refractivity contribution is 5.77. The molecule has 15 saturated heterocycles. The normalized spacial score (nSPS) is 56.4. The Labute approximate surface area is 542 Å². The fraction of sp³-hybridized carbons (Fsp3) is 0.971. The molecule has 22 nitrogen and oxygen atoms in total. The van der Waals surface area contributed by atoms with Crippen molar-refractivity contribution in [3.8, 4) is 0 Å². The Morgan fingerprint density at radius 3 is 1.16 bits per heavy atom. The molecule has 0 amide bonds. The first-order valence-electron chi connectivity index (χ1n) is 36.2. The third-order valence-electron chi connectivity index (χ3n) is 27.9. The molecule has 20 rings (SSSR count). The second-order valence-corrected chi connectivity index (χ2v) is 33.7. The lowest BCUT2D eigenvalue weighted by molar-refractivity contribution is -0.578. The molecule has 5 saturated carbocycles. The predicted molar refractivity (Wildman–Crippen MR) is 317 cm³/mol. The average Bonchev–Trinajstić information content (AvgIpc) is 1.35. The van der Waals surface area contributed by atoms with Gasteiger partial charge in [-0.2, -0.15) is 0 Å². The Kier molecular flexibility index (Phi) is 16.3. The maximum absolute atomic E-state index is 14.6. The second kappa shape index (κ2) is 23.1. The Morgan fingerprint density at radius 2 is 0.739 bits per heavy atom. The third-order valence-corrected chi connectivity index (χ3v) is 27.9. The van der Waals surface area contributed by atoms with Crippen LogP contribution in [0.4, 0.5) is 0 Å². The maximum Gasteiger partial charge on any atom is 0.308 e. The number of rotatable bonds is 15. The van der Waals surface area contributed by atoms with Crippen LogP contribution in [0.5, 0.6) is 0 Å². The van der Waals surface area contributed by atoms with Gasteiger partial charge in [0.25, 0.3) is 0 Å². The van der Waals surface area contributed by atoms with Gasteiger partial charge in [-0.1, -0.05) is 55.4 Å². The summed E-state index contributed by atoms with van der Waals surface area (Å²) in [4.78, 5) is 79.8. The summed E-state index contributed by atoms with van der Waals surface area (Å²) in [5, 5.41) is 0. The number of hydrogen-bond donors (Lipinski definition) is 0. The largest absolute Gasteiger partial charge is 0.465 e. The number of carbonyl (C=O) groups is 2. The van der Waals surface area contributed by atoms with Crippen LogP contribution in [0.15, 0.2) is 0 Å². The maximum atomic E-state index is 14.6. The summed E-state index contributed by atoms with van der Waals surface area (Å²) in [5.74, 6) is -2.67. The summed E-state index contributed by atoms with van der Waals surface area (Å²) in [6.07, 6.45) is 8.45. The third kappa shape index (κ3) is 9.99. The number of ether oxygens (including phenoxy) is 12. The quantitative estimate of drug-likeness (QED) is 0.110. The molecule has 4 spiro atoms. The lowest BCUT2D eigenvalue weighted by Crippen LogP contribution is -2.71. The van der Waals surface area contributed by atoms with Gasteiger partial charge in [0.1, 0.15) is 17.8 Å². The van der Waals surface area contributed by atoms with Gasteiger partial charge in [-0.3, -0.25) is 9.59 Å². The van der Waals surface area contributed by atoms with Crippen molar-refractivity contribution in [3.05, 3.63) is 0 Å². The van der Waals surface area contributed by atoms with E-state index in [1.54, 1.807) is 0 Å². The van der Waals surface area contributed by atoms with Gasteiger partial charge in [0, 0.05) is 73.0 Å². The molecule has 0 radical (unpaired) electrons. The van der Waals surface area contributed by atoms with Crippen LogP contribution >= 0.6 is 0 Å². The molecule has 0 aromatic carbocycles. The fourth-order valence-corrected chi connectivity index (χ4v) is 22.5. The van der Waals surface area contributed by atoms with Gasteiger partial charge in [-0.05, 0) is 159 Å². The van der Waals surface area contributed by atoms with Crippen LogP contribution in [0.3, 0.4) is 0 Å². The Morgan fingerprint density at radius 1 is 0.380 bits per heavy atom. The molecule has 92 heavy (non-hydrogen) atoms. The first-order chi connectivity index (χ1) is 43.9. The molecule has 5 aliphatic carbocycles. The molecule has 22 heteroatoms. The number of esters is 2. The highest BCUT2D eigenvalue weighted by Crippen LogP contribution is 2.66. The van der Waals surface area contributed by atoms with Crippen molar-refractivity contribution in [2.24, 2.45) is 100 Å². The standard InChI is InChI=1S/C70H106O22/c1-36-13-17-48-43(8)58(77-52-31-62(9)27-23-44(36)67(48,52)89-85-62)78-54(72)22-21-53(71)73-32-66(33-74-55-40(5)49-18-14-37(2)45-24-28-63(10)82-59(79-55)68(45,49)90-86-63,34-75-56-41(6)50-19-15-38(3)46-25-29-64(11)83-60(80-56)69(46,50)91-87-64)35-76-57-42(7)51-20-16-39(4)47-26-30-65(12)84-61(81-57)70(47,51)92-88-65/h36-52,55-61H,13-35H2,1-12H3/t36-,37-,38-,39-,40-,41-,42-,43-,44+,45+,46+,47+,48+,49+,50+,51+,52-,55?,56?,57?,58+,59-,60-,61-,62+,63-,64-,65-,66?,67-,68-,69-,70-/m1/s1. The van der Waals surface area contributed by atoms with Gasteiger partial charge in [0.05, 0.1) is 44.2 Å². The smallest absolute Gasteiger partial charge is 0.308 e. The van der Waals surface area contributed by atoms with Crippen molar-refractivity contribution in [3.63, 3.8) is 0 Å². The van der Waals surface area contributed by atoms with Gasteiger partial charge in [0.2, 0.25) is 23.7 Å². The van der Waals surface area contributed by atoms with Gasteiger partial charge in [-0.25, -0.2) is 39.1 Å². The van der Waals surface area contributed by atoms with Crippen molar-refractivity contribution in [1.29, 1.82) is 0 Å². The molecule has 32 atom stereocenters. The predicted octanol–water partition coefficient (Wildman–Crippen LogP) is 11.2. The summed E-state index contributed by atoms with van der Waals surface area (Å²) in [6, 6.07) is 0. The molecule has 15 heterocycles. The number of carbonyl (C=O) groups excluding carboxylic acids is 2. The minimum absolute atomic E-state index is 0.0310. The van der Waals surface area contributed by atoms with Crippen molar-refractivity contribution in [2.45, 2.75) is 301 Å². The van der Waals surface area contributed by atoms with Crippen molar-refractivity contribution in [1.82, 2.24) is 0 Å². The summed E-state index contributed by atoms with van der Waals surface area (Å²) >= 11 is 0. The van der Waals surface area contributed by atoms with E-state index in [-0.39, 0.29) is 116 Å². The monoisotopic (exact) mass is 1300 g/mol. The Bertz CT molecular complexity index is 2580. The van der Waals surface area contributed by atoms with Crippen LogP contribution in [-0.4, -0.2) is 134 Å². The molecular formula is C70H106O22. The van der Waals surface area contributed by atoms with Gasteiger partial charge in [0.15, 0.2) is 54.5 Å². The second-order valence-electron chi connectivity index (χ2n) is 33.7. The fourth-order valence-electron chi connectivity index (χ4n) is 22.5. The summed E-state index contributed by atoms with van der Waals surface area (Å²) < 4.78 is 83.2. The lowest BCUT2D eigenvalue weighted by Gasteiger charge is -2.60. The van der Waals surface area contributed by atoms with Gasteiger partial charge < -0.3 is 56.8 Å². The van der Waals surface area contributed by atoms with E-state index in [0.717, 1.165) is 83.5 Å². The Hall–Kier alpha value is -1.78. The molecule has 15 aliphatic heterocycles. The lowest BCUT2D eigenvalue weighted by atomic mass is 9.56. The first kappa shape index (κ1) is 64.9. The molecule has 518 valence electrons. The molecule has 3 unspecified atom stereocenters. The molecular weight excluding hydrogens is 1190 g/mol. The minimum Gasteiger partial charge on any atom is -0.465 e. The van der Waals surface area contributed by atoms with Crippen molar-refractivity contribution in [2.75, 3.05) is 26.4 Å². The van der Waals surface area contributed by atoms with E-state index in [9.17, 15) is 9.59 Å². The van der Waals surface area contributed by atoms with Crippen LogP contribution in [-0.2, 0) is 106 Å². The summed E-state index contributed by atoms with van der Waals surface area (Å²) in [7, 11) is 0. The Balaban J connectivity index is 0.693.